The number of hydrogen-bond donors (Lipinski definition) is 0. The van der Waals surface area contributed by atoms with E-state index in [1.165, 1.54) is 5.56 Å². The number of rotatable bonds is 4. The Morgan fingerprint density at radius 3 is 2.56 bits per heavy atom. The van der Waals surface area contributed by atoms with Gasteiger partial charge in [-0.2, -0.15) is 0 Å². The molecule has 3 heterocycles. The molecule has 1 aliphatic rings. The van der Waals surface area contributed by atoms with E-state index >= 15 is 0 Å². The molecule has 0 aliphatic carbocycles. The standard InChI is InChI=1S/C20H23N5/c1-16-22-19-15-21-9-7-18(19)20(23-16)25-13-11-24(12-14-25)10-8-17-5-3-2-4-6-17/h2-7,9,15H,8,10-14H2,1H3. The number of aromatic nitrogens is 3. The van der Waals surface area contributed by atoms with Crippen LogP contribution >= 0.6 is 0 Å². The van der Waals surface area contributed by atoms with Gasteiger partial charge in [0.1, 0.15) is 11.6 Å². The number of nitrogens with zero attached hydrogens (tertiary/aromatic N) is 5. The fourth-order valence-corrected chi connectivity index (χ4v) is 3.43. The van der Waals surface area contributed by atoms with E-state index in [1.807, 2.05) is 25.4 Å². The topological polar surface area (TPSA) is 45.2 Å². The molecule has 4 rings (SSSR count). The fourth-order valence-electron chi connectivity index (χ4n) is 3.43. The zero-order valence-electron chi connectivity index (χ0n) is 14.6. The van der Waals surface area contributed by atoms with Gasteiger partial charge in [-0.3, -0.25) is 9.88 Å². The minimum Gasteiger partial charge on any atom is -0.353 e. The highest BCUT2D eigenvalue weighted by atomic mass is 15.3. The van der Waals surface area contributed by atoms with Crippen LogP contribution in [-0.2, 0) is 6.42 Å². The van der Waals surface area contributed by atoms with Gasteiger partial charge < -0.3 is 4.90 Å². The van der Waals surface area contributed by atoms with Crippen LogP contribution in [0.1, 0.15) is 11.4 Å². The third kappa shape index (κ3) is 3.61. The summed E-state index contributed by atoms with van der Waals surface area (Å²) >= 11 is 0. The van der Waals surface area contributed by atoms with Crippen molar-refractivity contribution in [2.24, 2.45) is 0 Å². The Morgan fingerprint density at radius 2 is 1.76 bits per heavy atom. The number of pyridine rings is 1. The molecule has 25 heavy (non-hydrogen) atoms. The summed E-state index contributed by atoms with van der Waals surface area (Å²) in [5.74, 6) is 1.86. The summed E-state index contributed by atoms with van der Waals surface area (Å²) in [6.07, 6.45) is 4.76. The fraction of sp³-hybridized carbons (Fsp3) is 0.350. The predicted molar refractivity (Wildman–Crippen MR) is 101 cm³/mol. The van der Waals surface area contributed by atoms with Crippen molar-refractivity contribution >= 4 is 16.7 Å². The molecule has 0 saturated carbocycles. The molecular formula is C20H23N5. The first kappa shape index (κ1) is 16.0. The zero-order chi connectivity index (χ0) is 17.1. The molecule has 0 radical (unpaired) electrons. The largest absolute Gasteiger partial charge is 0.353 e. The smallest absolute Gasteiger partial charge is 0.140 e. The molecule has 0 unspecified atom stereocenters. The lowest BCUT2D eigenvalue weighted by molar-refractivity contribution is 0.260. The molecule has 0 spiro atoms. The summed E-state index contributed by atoms with van der Waals surface area (Å²) in [5, 5.41) is 1.10. The highest BCUT2D eigenvalue weighted by Gasteiger charge is 2.20. The van der Waals surface area contributed by atoms with Crippen molar-refractivity contribution in [3.8, 4) is 0 Å². The van der Waals surface area contributed by atoms with Crippen molar-refractivity contribution in [1.29, 1.82) is 0 Å². The van der Waals surface area contributed by atoms with Crippen LogP contribution in [0.2, 0.25) is 0 Å². The van der Waals surface area contributed by atoms with E-state index < -0.39 is 0 Å². The second-order valence-corrected chi connectivity index (χ2v) is 6.55. The van der Waals surface area contributed by atoms with Gasteiger partial charge in [-0.05, 0) is 25.0 Å². The highest BCUT2D eigenvalue weighted by molar-refractivity contribution is 5.88. The molecule has 0 bridgehead atoms. The van der Waals surface area contributed by atoms with Crippen molar-refractivity contribution in [3.63, 3.8) is 0 Å². The second kappa shape index (κ2) is 7.15. The van der Waals surface area contributed by atoms with Crippen LogP contribution in [0, 0.1) is 6.92 Å². The third-order valence-electron chi connectivity index (χ3n) is 4.82. The van der Waals surface area contributed by atoms with Gasteiger partial charge in [0.15, 0.2) is 0 Å². The number of aryl methyl sites for hydroxylation is 1. The van der Waals surface area contributed by atoms with Crippen molar-refractivity contribution < 1.29 is 0 Å². The van der Waals surface area contributed by atoms with Crippen molar-refractivity contribution in [1.82, 2.24) is 19.9 Å². The first-order valence-corrected chi connectivity index (χ1v) is 8.89. The molecule has 1 fully saturated rings. The molecule has 0 amide bonds. The van der Waals surface area contributed by atoms with Gasteiger partial charge in [0.2, 0.25) is 0 Å². The van der Waals surface area contributed by atoms with E-state index in [0.29, 0.717) is 0 Å². The van der Waals surface area contributed by atoms with Gasteiger partial charge >= 0.3 is 0 Å². The van der Waals surface area contributed by atoms with Crippen LogP contribution in [0.4, 0.5) is 5.82 Å². The number of hydrogen-bond acceptors (Lipinski definition) is 5. The first-order valence-electron chi connectivity index (χ1n) is 8.89. The molecule has 1 aliphatic heterocycles. The number of anilines is 1. The monoisotopic (exact) mass is 333 g/mol. The van der Waals surface area contributed by atoms with Crippen molar-refractivity contribution in [2.45, 2.75) is 13.3 Å². The number of piperazine rings is 1. The van der Waals surface area contributed by atoms with Gasteiger partial charge in [0.25, 0.3) is 0 Å². The summed E-state index contributed by atoms with van der Waals surface area (Å²) in [6.45, 7) is 7.22. The predicted octanol–water partition coefficient (Wildman–Crippen LogP) is 2.70. The molecule has 2 aromatic heterocycles. The third-order valence-corrected chi connectivity index (χ3v) is 4.82. The van der Waals surface area contributed by atoms with E-state index in [2.05, 4.69) is 50.1 Å². The van der Waals surface area contributed by atoms with Crippen LogP contribution in [0.15, 0.2) is 48.8 Å². The Balaban J connectivity index is 1.42. The molecule has 1 saturated heterocycles. The Morgan fingerprint density at radius 1 is 0.960 bits per heavy atom. The number of benzene rings is 1. The van der Waals surface area contributed by atoms with Gasteiger partial charge in [0, 0.05) is 44.3 Å². The molecule has 1 aromatic carbocycles. The maximum absolute atomic E-state index is 4.71. The van der Waals surface area contributed by atoms with Gasteiger partial charge in [0.05, 0.1) is 11.7 Å². The molecule has 0 atom stereocenters. The van der Waals surface area contributed by atoms with Crippen LogP contribution in [0.3, 0.4) is 0 Å². The van der Waals surface area contributed by atoms with Crippen molar-refractivity contribution in [2.75, 3.05) is 37.6 Å². The average molecular weight is 333 g/mol. The number of fused-ring (bicyclic) bond motifs is 1. The normalized spacial score (nSPS) is 15.6. The van der Waals surface area contributed by atoms with Crippen molar-refractivity contribution in [3.05, 3.63) is 60.2 Å². The maximum Gasteiger partial charge on any atom is 0.140 e. The van der Waals surface area contributed by atoms with E-state index in [0.717, 1.165) is 61.7 Å². The summed E-state index contributed by atoms with van der Waals surface area (Å²) in [6, 6.07) is 12.7. The minimum absolute atomic E-state index is 0.807. The van der Waals surface area contributed by atoms with Crippen LogP contribution in [-0.4, -0.2) is 52.6 Å². The second-order valence-electron chi connectivity index (χ2n) is 6.55. The molecule has 5 nitrogen and oxygen atoms in total. The van der Waals surface area contributed by atoms with Crippen LogP contribution in [0.25, 0.3) is 10.9 Å². The highest BCUT2D eigenvalue weighted by Crippen LogP contribution is 2.24. The molecule has 3 aromatic rings. The summed E-state index contributed by atoms with van der Waals surface area (Å²) in [4.78, 5) is 18.3. The quantitative estimate of drug-likeness (QED) is 0.734. The Hall–Kier alpha value is -2.53. The summed E-state index contributed by atoms with van der Waals surface area (Å²) in [5.41, 5.74) is 2.34. The lowest BCUT2D eigenvalue weighted by atomic mass is 10.1. The molecule has 0 N–H and O–H groups in total. The zero-order valence-corrected chi connectivity index (χ0v) is 14.6. The molecular weight excluding hydrogens is 310 g/mol. The SMILES string of the molecule is Cc1nc(N2CCN(CCc3ccccc3)CC2)c2ccncc2n1. The first-order chi connectivity index (χ1) is 12.3. The molecule has 5 heteroatoms. The summed E-state index contributed by atoms with van der Waals surface area (Å²) < 4.78 is 0. The maximum atomic E-state index is 4.71. The van der Waals surface area contributed by atoms with E-state index in [4.69, 9.17) is 4.98 Å². The van der Waals surface area contributed by atoms with Gasteiger partial charge in [-0.15, -0.1) is 0 Å². The lowest BCUT2D eigenvalue weighted by Gasteiger charge is -2.35. The average Bonchev–Trinajstić information content (AvgIpc) is 2.67. The Bertz CT molecular complexity index is 841. The molecule has 128 valence electrons. The van der Waals surface area contributed by atoms with E-state index in [-0.39, 0.29) is 0 Å². The Labute approximate surface area is 148 Å². The Kier molecular flexibility index (Phi) is 4.57. The van der Waals surface area contributed by atoms with E-state index in [9.17, 15) is 0 Å². The van der Waals surface area contributed by atoms with E-state index in [1.54, 1.807) is 0 Å². The summed E-state index contributed by atoms with van der Waals surface area (Å²) in [7, 11) is 0. The minimum atomic E-state index is 0.807. The van der Waals surface area contributed by atoms with Crippen LogP contribution in [0.5, 0.6) is 0 Å². The van der Waals surface area contributed by atoms with Gasteiger partial charge in [-0.25, -0.2) is 9.97 Å². The lowest BCUT2D eigenvalue weighted by Crippen LogP contribution is -2.47. The van der Waals surface area contributed by atoms with Gasteiger partial charge in [-0.1, -0.05) is 30.3 Å². The van der Waals surface area contributed by atoms with Crippen LogP contribution < -0.4 is 4.90 Å².